The molecule has 78 valence electrons. The summed E-state index contributed by atoms with van der Waals surface area (Å²) in [6.07, 6.45) is 1.66. The van der Waals surface area contributed by atoms with E-state index in [-0.39, 0.29) is 5.78 Å². The molecule has 0 amide bonds. The summed E-state index contributed by atoms with van der Waals surface area (Å²) in [5.41, 5.74) is 1.51. The lowest BCUT2D eigenvalue weighted by molar-refractivity contribution is -0.119. The molecule has 1 rings (SSSR count). The van der Waals surface area contributed by atoms with Crippen molar-refractivity contribution in [1.29, 1.82) is 0 Å². The maximum atomic E-state index is 11.0. The number of carbonyl (C=O) groups excluding carboxylic acids is 3. The highest BCUT2D eigenvalue weighted by Gasteiger charge is 2.07. The Morgan fingerprint density at radius 2 is 1.73 bits per heavy atom. The van der Waals surface area contributed by atoms with E-state index in [1.165, 1.54) is 6.92 Å². The number of ketones is 1. The molecule has 0 aliphatic carbocycles. The van der Waals surface area contributed by atoms with Crippen LogP contribution in [0.1, 0.15) is 22.8 Å². The lowest BCUT2D eigenvalue weighted by atomic mass is 10.0. The number of aldehydes is 2. The first-order valence-corrected chi connectivity index (χ1v) is 4.68. The van der Waals surface area contributed by atoms with E-state index in [0.29, 0.717) is 24.6 Å². The van der Waals surface area contributed by atoms with Crippen molar-refractivity contribution in [2.45, 2.75) is 13.3 Å². The van der Waals surface area contributed by atoms with Crippen molar-refractivity contribution in [2.75, 3.05) is 0 Å². The summed E-state index contributed by atoms with van der Waals surface area (Å²) in [6, 6.07) is 6.92. The van der Waals surface area contributed by atoms with Gasteiger partial charge in [-0.2, -0.15) is 0 Å². The van der Waals surface area contributed by atoms with Gasteiger partial charge in [0, 0.05) is 5.56 Å². The minimum absolute atomic E-state index is 0.00359. The summed E-state index contributed by atoms with van der Waals surface area (Å²) in [5, 5.41) is 0. The normalized spacial score (nSPS) is 10.0. The summed E-state index contributed by atoms with van der Waals surface area (Å²) in [5.74, 6) is -0.586. The van der Waals surface area contributed by atoms with Crippen molar-refractivity contribution in [3.05, 3.63) is 35.4 Å². The molecular formula is C12H12O3. The van der Waals surface area contributed by atoms with Crippen LogP contribution in [-0.4, -0.2) is 18.4 Å². The third-order valence-corrected chi connectivity index (χ3v) is 2.18. The molecule has 0 saturated heterocycles. The Kier molecular flexibility index (Phi) is 3.92. The minimum Gasteiger partial charge on any atom is -0.303 e. The average Bonchev–Trinajstić information content (AvgIpc) is 2.26. The van der Waals surface area contributed by atoms with Crippen LogP contribution < -0.4 is 0 Å². The molecular weight excluding hydrogens is 192 g/mol. The van der Waals surface area contributed by atoms with E-state index in [1.807, 2.05) is 0 Å². The van der Waals surface area contributed by atoms with Crippen LogP contribution in [-0.2, 0) is 16.0 Å². The van der Waals surface area contributed by atoms with Crippen LogP contribution in [0.25, 0.3) is 0 Å². The van der Waals surface area contributed by atoms with Crippen LogP contribution in [0.3, 0.4) is 0 Å². The van der Waals surface area contributed by atoms with Gasteiger partial charge in [-0.3, -0.25) is 4.79 Å². The third kappa shape index (κ3) is 3.13. The summed E-state index contributed by atoms with van der Waals surface area (Å²) in [6.45, 7) is 1.49. The van der Waals surface area contributed by atoms with E-state index in [2.05, 4.69) is 0 Å². The number of hydrogen-bond donors (Lipinski definition) is 0. The second kappa shape index (κ2) is 5.20. The molecule has 1 aromatic carbocycles. The Balaban J connectivity index is 2.76. The highest BCUT2D eigenvalue weighted by atomic mass is 16.1. The van der Waals surface area contributed by atoms with Crippen LogP contribution in [0.15, 0.2) is 24.3 Å². The fourth-order valence-electron chi connectivity index (χ4n) is 1.28. The Bertz CT molecular complexity index is 357. The smallest absolute Gasteiger partial charge is 0.159 e. The van der Waals surface area contributed by atoms with Gasteiger partial charge in [-0.05, 0) is 18.9 Å². The van der Waals surface area contributed by atoms with Crippen molar-refractivity contribution < 1.29 is 14.4 Å². The maximum absolute atomic E-state index is 11.0. The Labute approximate surface area is 88.1 Å². The fourth-order valence-corrected chi connectivity index (χ4v) is 1.28. The monoisotopic (exact) mass is 204 g/mol. The molecule has 1 aromatic rings. The zero-order valence-electron chi connectivity index (χ0n) is 8.47. The standard InChI is InChI=1S/C12H12O3/c1-9(15)12-4-2-10(3-5-12)6-11(7-13)8-14/h2-5,7-8,11H,6H2,1H3. The quantitative estimate of drug-likeness (QED) is 0.414. The SMILES string of the molecule is CC(=O)c1ccc(CC(C=O)C=O)cc1. The number of hydrogen-bond acceptors (Lipinski definition) is 3. The van der Waals surface area contributed by atoms with Gasteiger partial charge >= 0.3 is 0 Å². The first-order chi connectivity index (χ1) is 7.17. The third-order valence-electron chi connectivity index (χ3n) is 2.18. The minimum atomic E-state index is -0.590. The summed E-state index contributed by atoms with van der Waals surface area (Å²) in [4.78, 5) is 31.8. The second-order valence-corrected chi connectivity index (χ2v) is 3.39. The lowest BCUT2D eigenvalue weighted by Gasteiger charge is -2.03. The summed E-state index contributed by atoms with van der Waals surface area (Å²) < 4.78 is 0. The lowest BCUT2D eigenvalue weighted by Crippen LogP contribution is -2.07. The van der Waals surface area contributed by atoms with Crippen molar-refractivity contribution >= 4 is 18.4 Å². The topological polar surface area (TPSA) is 51.2 Å². The molecule has 0 spiro atoms. The molecule has 0 bridgehead atoms. The van der Waals surface area contributed by atoms with Crippen LogP contribution in [0, 0.1) is 5.92 Å². The van der Waals surface area contributed by atoms with E-state index in [9.17, 15) is 14.4 Å². The van der Waals surface area contributed by atoms with Crippen LogP contribution in [0.5, 0.6) is 0 Å². The van der Waals surface area contributed by atoms with Crippen LogP contribution in [0.2, 0.25) is 0 Å². The Morgan fingerprint density at radius 1 is 1.20 bits per heavy atom. The molecule has 0 N–H and O–H groups in total. The molecule has 0 aromatic heterocycles. The van der Waals surface area contributed by atoms with E-state index in [4.69, 9.17) is 0 Å². The summed E-state index contributed by atoms with van der Waals surface area (Å²) >= 11 is 0. The van der Waals surface area contributed by atoms with Gasteiger partial charge in [0.25, 0.3) is 0 Å². The molecule has 3 heteroatoms. The number of Topliss-reactive ketones (excluding diaryl/α,β-unsaturated/α-hetero) is 1. The van der Waals surface area contributed by atoms with E-state index in [0.717, 1.165) is 5.56 Å². The van der Waals surface area contributed by atoms with Crippen molar-refractivity contribution in [2.24, 2.45) is 5.92 Å². The van der Waals surface area contributed by atoms with Gasteiger partial charge in [0.1, 0.15) is 12.6 Å². The van der Waals surface area contributed by atoms with E-state index in [1.54, 1.807) is 24.3 Å². The van der Waals surface area contributed by atoms with Gasteiger partial charge in [0.2, 0.25) is 0 Å². The largest absolute Gasteiger partial charge is 0.303 e. The van der Waals surface area contributed by atoms with Crippen LogP contribution in [0.4, 0.5) is 0 Å². The van der Waals surface area contributed by atoms with E-state index >= 15 is 0 Å². The zero-order chi connectivity index (χ0) is 11.3. The molecule has 0 saturated carbocycles. The number of benzene rings is 1. The average molecular weight is 204 g/mol. The number of rotatable bonds is 5. The Morgan fingerprint density at radius 3 is 2.13 bits per heavy atom. The van der Waals surface area contributed by atoms with Crippen LogP contribution >= 0.6 is 0 Å². The molecule has 0 unspecified atom stereocenters. The molecule has 3 nitrogen and oxygen atoms in total. The van der Waals surface area contributed by atoms with Gasteiger partial charge in [-0.1, -0.05) is 24.3 Å². The van der Waals surface area contributed by atoms with Gasteiger partial charge in [0.15, 0.2) is 5.78 Å². The van der Waals surface area contributed by atoms with Gasteiger partial charge in [-0.25, -0.2) is 0 Å². The van der Waals surface area contributed by atoms with E-state index < -0.39 is 5.92 Å². The number of carbonyl (C=O) groups is 3. The first kappa shape index (κ1) is 11.3. The molecule has 0 radical (unpaired) electrons. The van der Waals surface area contributed by atoms with Crippen molar-refractivity contribution in [3.63, 3.8) is 0 Å². The fraction of sp³-hybridized carbons (Fsp3) is 0.250. The molecule has 0 aliphatic heterocycles. The highest BCUT2D eigenvalue weighted by Crippen LogP contribution is 2.08. The van der Waals surface area contributed by atoms with Gasteiger partial charge in [0.05, 0.1) is 5.92 Å². The molecule has 0 atom stereocenters. The zero-order valence-corrected chi connectivity index (χ0v) is 8.47. The Hall–Kier alpha value is -1.77. The van der Waals surface area contributed by atoms with Crippen molar-refractivity contribution in [1.82, 2.24) is 0 Å². The second-order valence-electron chi connectivity index (χ2n) is 3.39. The maximum Gasteiger partial charge on any atom is 0.159 e. The molecule has 0 heterocycles. The predicted molar refractivity (Wildman–Crippen MR) is 55.8 cm³/mol. The van der Waals surface area contributed by atoms with Gasteiger partial charge < -0.3 is 9.59 Å². The highest BCUT2D eigenvalue weighted by molar-refractivity contribution is 5.94. The van der Waals surface area contributed by atoms with Crippen molar-refractivity contribution in [3.8, 4) is 0 Å². The summed E-state index contributed by atoms with van der Waals surface area (Å²) in [7, 11) is 0. The molecule has 0 aliphatic rings. The molecule has 0 fully saturated rings. The molecule has 15 heavy (non-hydrogen) atoms. The van der Waals surface area contributed by atoms with Gasteiger partial charge in [-0.15, -0.1) is 0 Å². The first-order valence-electron chi connectivity index (χ1n) is 4.68. The predicted octanol–water partition coefficient (Wildman–Crippen LogP) is 1.45.